The van der Waals surface area contributed by atoms with Gasteiger partial charge in [0, 0.05) is 25.1 Å². The molecule has 0 fully saturated rings. The van der Waals surface area contributed by atoms with Crippen LogP contribution in [0.5, 0.6) is 11.5 Å². The van der Waals surface area contributed by atoms with Gasteiger partial charge in [0.15, 0.2) is 11.5 Å². The van der Waals surface area contributed by atoms with Gasteiger partial charge in [-0.15, -0.1) is 11.3 Å². The van der Waals surface area contributed by atoms with E-state index < -0.39 is 0 Å². The molecule has 3 N–H and O–H groups in total. The normalized spacial score (nSPS) is 12.6. The van der Waals surface area contributed by atoms with E-state index >= 15 is 0 Å². The number of hydrogen-bond acceptors (Lipinski definition) is 5. The van der Waals surface area contributed by atoms with E-state index in [0.29, 0.717) is 13.2 Å². The Labute approximate surface area is 129 Å². The molecule has 1 aromatic carbocycles. The van der Waals surface area contributed by atoms with E-state index in [-0.39, 0.29) is 0 Å². The maximum absolute atomic E-state index is 5.87. The van der Waals surface area contributed by atoms with Gasteiger partial charge in [0.2, 0.25) is 0 Å². The van der Waals surface area contributed by atoms with Gasteiger partial charge in [-0.05, 0) is 6.92 Å². The number of nitrogens with one attached hydrogen (secondary N) is 1. The summed E-state index contributed by atoms with van der Waals surface area (Å²) in [6, 6.07) is 3.92. The molecule has 116 valence electrons. The summed E-state index contributed by atoms with van der Waals surface area (Å²) in [5.74, 6) is 1.51. The Balaban J connectivity index is 2.07. The fourth-order valence-electron chi connectivity index (χ4n) is 2.08. The molecule has 21 heavy (non-hydrogen) atoms. The summed E-state index contributed by atoms with van der Waals surface area (Å²) in [6.45, 7) is 5.58. The molecule has 0 aliphatic carbocycles. The first-order valence-corrected chi connectivity index (χ1v) is 8.11. The van der Waals surface area contributed by atoms with Gasteiger partial charge in [-0.2, -0.15) is 0 Å². The molecule has 2 rings (SSSR count). The highest BCUT2D eigenvalue weighted by Crippen LogP contribution is 2.34. The Kier molecular flexibility index (Phi) is 5.78. The molecule has 1 heterocycles. The number of rotatable bonds is 8. The number of methoxy groups -OCH3 is 1. The first-order chi connectivity index (χ1) is 10.2. The number of nitrogens with zero attached hydrogens (tertiary/aromatic N) is 1. The molecule has 0 amide bonds. The first-order valence-electron chi connectivity index (χ1n) is 7.29. The van der Waals surface area contributed by atoms with Crippen molar-refractivity contribution in [3.63, 3.8) is 0 Å². The van der Waals surface area contributed by atoms with Crippen LogP contribution < -0.4 is 20.1 Å². The van der Waals surface area contributed by atoms with Crippen molar-refractivity contribution in [1.29, 1.82) is 0 Å². The van der Waals surface area contributed by atoms with Crippen LogP contribution in [0.2, 0.25) is 0 Å². The fourth-order valence-corrected chi connectivity index (χ4v) is 2.93. The molecule has 0 aliphatic heterocycles. The van der Waals surface area contributed by atoms with Gasteiger partial charge >= 0.3 is 0 Å². The summed E-state index contributed by atoms with van der Waals surface area (Å²) < 4.78 is 12.4. The van der Waals surface area contributed by atoms with Gasteiger partial charge < -0.3 is 20.1 Å². The molecule has 0 saturated carbocycles. The molecule has 0 spiro atoms. The van der Waals surface area contributed by atoms with Crippen molar-refractivity contribution in [3.05, 3.63) is 17.1 Å². The van der Waals surface area contributed by atoms with Crippen molar-refractivity contribution < 1.29 is 14.4 Å². The Bertz CT molecular complexity index is 586. The van der Waals surface area contributed by atoms with Gasteiger partial charge in [0.25, 0.3) is 0 Å². The predicted molar refractivity (Wildman–Crippen MR) is 86.5 cm³/mol. The number of quaternary nitrogens is 1. The molecule has 0 saturated heterocycles. The maximum Gasteiger partial charge on any atom is 0.163 e. The Morgan fingerprint density at radius 3 is 2.81 bits per heavy atom. The highest BCUT2D eigenvalue weighted by atomic mass is 32.1. The number of thiazole rings is 1. The zero-order chi connectivity index (χ0) is 15.2. The van der Waals surface area contributed by atoms with Crippen LogP contribution in [0.3, 0.4) is 0 Å². The van der Waals surface area contributed by atoms with Crippen LogP contribution in [0, 0.1) is 0 Å². The van der Waals surface area contributed by atoms with E-state index in [9.17, 15) is 0 Å². The molecule has 1 atom stereocenters. The van der Waals surface area contributed by atoms with Crippen molar-refractivity contribution in [2.24, 2.45) is 5.73 Å². The quantitative estimate of drug-likeness (QED) is 0.716. The molecule has 0 bridgehead atoms. The second kappa shape index (κ2) is 7.59. The lowest BCUT2D eigenvalue weighted by Crippen LogP contribution is -3.08. The molecular formula is C15H24N3O2S+. The summed E-state index contributed by atoms with van der Waals surface area (Å²) in [7, 11) is 3.85. The minimum Gasteiger partial charge on any atom is -0.493 e. The second-order valence-corrected chi connectivity index (χ2v) is 6.16. The van der Waals surface area contributed by atoms with E-state index in [4.69, 9.17) is 15.2 Å². The molecule has 0 radical (unpaired) electrons. The summed E-state index contributed by atoms with van der Waals surface area (Å²) in [6.07, 6.45) is 1.02. The summed E-state index contributed by atoms with van der Waals surface area (Å²) in [5.41, 5.74) is 6.57. The standard InChI is InChI=1S/C15H23N3O2S/c1-4-18(2)6-5-7-20-13-8-11-14(9-12(13)19-3)21-15(10-16)17-11/h8-9H,4-7,10,16H2,1-3H3/p+1. The largest absolute Gasteiger partial charge is 0.493 e. The van der Waals surface area contributed by atoms with Crippen molar-refractivity contribution in [2.75, 3.05) is 33.9 Å². The third kappa shape index (κ3) is 4.06. The number of fused-ring (bicyclic) bond motifs is 1. The molecule has 6 heteroatoms. The molecule has 5 nitrogen and oxygen atoms in total. The lowest BCUT2D eigenvalue weighted by atomic mass is 10.3. The summed E-state index contributed by atoms with van der Waals surface area (Å²) in [4.78, 5) is 6.00. The second-order valence-electron chi connectivity index (χ2n) is 5.05. The Morgan fingerprint density at radius 2 is 2.14 bits per heavy atom. The van der Waals surface area contributed by atoms with E-state index in [1.54, 1.807) is 18.4 Å². The van der Waals surface area contributed by atoms with Crippen molar-refractivity contribution >= 4 is 21.6 Å². The van der Waals surface area contributed by atoms with Gasteiger partial charge in [-0.25, -0.2) is 4.98 Å². The SMILES string of the molecule is CC[NH+](C)CCCOc1cc2nc(CN)sc2cc1OC. The van der Waals surface area contributed by atoms with Gasteiger partial charge in [-0.1, -0.05) is 0 Å². The third-order valence-corrected chi connectivity index (χ3v) is 4.54. The molecule has 1 unspecified atom stereocenters. The van der Waals surface area contributed by atoms with Crippen LogP contribution >= 0.6 is 11.3 Å². The van der Waals surface area contributed by atoms with Crippen LogP contribution in [-0.2, 0) is 6.54 Å². The smallest absolute Gasteiger partial charge is 0.163 e. The van der Waals surface area contributed by atoms with Crippen LogP contribution in [0.1, 0.15) is 18.4 Å². The van der Waals surface area contributed by atoms with Crippen molar-refractivity contribution in [1.82, 2.24) is 4.98 Å². The lowest BCUT2D eigenvalue weighted by Gasteiger charge is -2.13. The summed E-state index contributed by atoms with van der Waals surface area (Å²) in [5, 5.41) is 0.928. The number of nitrogens with two attached hydrogens (primary N) is 1. The van der Waals surface area contributed by atoms with E-state index in [2.05, 4.69) is 19.0 Å². The van der Waals surface area contributed by atoms with E-state index in [1.807, 2.05) is 12.1 Å². The average Bonchev–Trinajstić information content (AvgIpc) is 2.92. The number of benzene rings is 1. The summed E-state index contributed by atoms with van der Waals surface area (Å²) >= 11 is 1.60. The van der Waals surface area contributed by atoms with E-state index in [1.165, 1.54) is 4.90 Å². The van der Waals surface area contributed by atoms with Crippen LogP contribution in [0.4, 0.5) is 0 Å². The predicted octanol–water partition coefficient (Wildman–Crippen LogP) is 1.07. The number of hydrogen-bond donors (Lipinski definition) is 2. The topological polar surface area (TPSA) is 61.8 Å². The molecular weight excluding hydrogens is 286 g/mol. The van der Waals surface area contributed by atoms with Gasteiger partial charge in [0.05, 0.1) is 44.1 Å². The fraction of sp³-hybridized carbons (Fsp3) is 0.533. The molecule has 0 aliphatic rings. The molecule has 2 aromatic rings. The highest BCUT2D eigenvalue weighted by Gasteiger charge is 2.11. The number of ether oxygens (including phenoxy) is 2. The van der Waals surface area contributed by atoms with Crippen LogP contribution in [0.25, 0.3) is 10.2 Å². The number of aromatic nitrogens is 1. The van der Waals surface area contributed by atoms with Crippen LogP contribution in [-0.4, -0.2) is 38.8 Å². The highest BCUT2D eigenvalue weighted by molar-refractivity contribution is 7.18. The minimum absolute atomic E-state index is 0.462. The van der Waals surface area contributed by atoms with Gasteiger partial charge in [0.1, 0.15) is 5.01 Å². The zero-order valence-corrected chi connectivity index (χ0v) is 13.8. The van der Waals surface area contributed by atoms with Gasteiger partial charge in [-0.3, -0.25) is 0 Å². The Morgan fingerprint density at radius 1 is 1.33 bits per heavy atom. The first kappa shape index (κ1) is 16.0. The lowest BCUT2D eigenvalue weighted by molar-refractivity contribution is -0.877. The maximum atomic E-state index is 5.87. The monoisotopic (exact) mass is 310 g/mol. The third-order valence-electron chi connectivity index (χ3n) is 3.50. The minimum atomic E-state index is 0.462. The zero-order valence-electron chi connectivity index (χ0n) is 12.9. The Hall–Kier alpha value is -1.37. The van der Waals surface area contributed by atoms with Crippen molar-refractivity contribution in [2.45, 2.75) is 19.9 Å². The molecule has 1 aromatic heterocycles. The average molecular weight is 310 g/mol. The van der Waals surface area contributed by atoms with Crippen LogP contribution in [0.15, 0.2) is 12.1 Å². The van der Waals surface area contributed by atoms with Crippen molar-refractivity contribution in [3.8, 4) is 11.5 Å². The van der Waals surface area contributed by atoms with E-state index in [0.717, 1.165) is 46.2 Å².